The molecule has 1 saturated heterocycles. The Morgan fingerprint density at radius 3 is 2.65 bits per heavy atom. The number of rotatable bonds is 7. The van der Waals surface area contributed by atoms with Crippen LogP contribution in [0, 0.1) is 11.8 Å². The molecule has 3 rings (SSSR count). The molecule has 2 atom stereocenters. The summed E-state index contributed by atoms with van der Waals surface area (Å²) in [7, 11) is 0. The van der Waals surface area contributed by atoms with Gasteiger partial charge in [0, 0.05) is 19.1 Å². The van der Waals surface area contributed by atoms with Crippen LogP contribution in [0.25, 0.3) is 0 Å². The Morgan fingerprint density at radius 1 is 1.13 bits per heavy atom. The van der Waals surface area contributed by atoms with Gasteiger partial charge in [0.2, 0.25) is 5.91 Å². The van der Waals surface area contributed by atoms with Crippen LogP contribution in [0.2, 0.25) is 0 Å². The van der Waals surface area contributed by atoms with Gasteiger partial charge in [0.05, 0.1) is 12.6 Å². The normalized spacial score (nSPS) is 23.8. The number of benzene rings is 1. The van der Waals surface area contributed by atoms with E-state index in [1.54, 1.807) is 0 Å². The topological polar surface area (TPSA) is 50.4 Å². The molecule has 0 spiro atoms. The van der Waals surface area contributed by atoms with Gasteiger partial charge in [0.1, 0.15) is 0 Å². The number of nitrogens with one attached hydrogen (secondary N) is 2. The first-order valence-corrected chi connectivity index (χ1v) is 8.47. The molecule has 5 heteroatoms. The molecule has 2 unspecified atom stereocenters. The predicted octanol–water partition coefficient (Wildman–Crippen LogP) is 2.69. The van der Waals surface area contributed by atoms with E-state index in [9.17, 15) is 4.79 Å². The summed E-state index contributed by atoms with van der Waals surface area (Å²) in [5.74, 6) is 1.27. The van der Waals surface area contributed by atoms with Crippen molar-refractivity contribution in [3.8, 4) is 0 Å². The van der Waals surface area contributed by atoms with Gasteiger partial charge < -0.3 is 15.4 Å². The lowest BCUT2D eigenvalue weighted by Gasteiger charge is -2.32. The molecule has 1 aliphatic carbocycles. The van der Waals surface area contributed by atoms with Crippen LogP contribution in [0.4, 0.5) is 0 Å². The van der Waals surface area contributed by atoms with Crippen molar-refractivity contribution in [1.82, 2.24) is 10.6 Å². The molecule has 1 amide bonds. The van der Waals surface area contributed by atoms with E-state index in [0.717, 1.165) is 31.9 Å². The zero-order chi connectivity index (χ0) is 15.2. The first-order valence-electron chi connectivity index (χ1n) is 8.47. The SMILES string of the molecule is Cl.O=C(CNCC1CC1)NCC1CCCOC1c1ccccc1. The molecule has 0 bridgehead atoms. The molecule has 2 aliphatic rings. The molecular formula is C18H27ClN2O2. The number of carbonyl (C=O) groups is 1. The van der Waals surface area contributed by atoms with Crippen LogP contribution in [0.15, 0.2) is 30.3 Å². The average Bonchev–Trinajstić information content (AvgIpc) is 3.38. The fourth-order valence-electron chi connectivity index (χ4n) is 3.08. The highest BCUT2D eigenvalue weighted by molar-refractivity contribution is 5.85. The van der Waals surface area contributed by atoms with Crippen molar-refractivity contribution < 1.29 is 9.53 Å². The summed E-state index contributed by atoms with van der Waals surface area (Å²) in [4.78, 5) is 11.9. The van der Waals surface area contributed by atoms with Gasteiger partial charge in [-0.3, -0.25) is 4.79 Å². The fraction of sp³-hybridized carbons (Fsp3) is 0.611. The van der Waals surface area contributed by atoms with Crippen LogP contribution in [0.3, 0.4) is 0 Å². The predicted molar refractivity (Wildman–Crippen MR) is 93.7 cm³/mol. The molecule has 128 valence electrons. The zero-order valence-corrected chi connectivity index (χ0v) is 14.3. The Kier molecular flexibility index (Phi) is 7.34. The Balaban J connectivity index is 0.00000192. The number of hydrogen-bond donors (Lipinski definition) is 2. The molecule has 2 fully saturated rings. The number of ether oxygens (including phenoxy) is 1. The van der Waals surface area contributed by atoms with Gasteiger partial charge in [-0.2, -0.15) is 0 Å². The lowest BCUT2D eigenvalue weighted by molar-refractivity contribution is -0.121. The van der Waals surface area contributed by atoms with E-state index in [4.69, 9.17) is 4.74 Å². The maximum atomic E-state index is 11.9. The Labute approximate surface area is 144 Å². The third-order valence-electron chi connectivity index (χ3n) is 4.55. The second-order valence-corrected chi connectivity index (χ2v) is 6.48. The maximum absolute atomic E-state index is 11.9. The summed E-state index contributed by atoms with van der Waals surface area (Å²) in [5.41, 5.74) is 1.22. The summed E-state index contributed by atoms with van der Waals surface area (Å²) >= 11 is 0. The van der Waals surface area contributed by atoms with E-state index in [1.807, 2.05) is 18.2 Å². The van der Waals surface area contributed by atoms with Gasteiger partial charge in [-0.15, -0.1) is 12.4 Å². The van der Waals surface area contributed by atoms with Crippen LogP contribution < -0.4 is 10.6 Å². The summed E-state index contributed by atoms with van der Waals surface area (Å²) in [6, 6.07) is 10.3. The highest BCUT2D eigenvalue weighted by Crippen LogP contribution is 2.33. The standard InChI is InChI=1S/C18H26N2O2.ClH/c21-17(13-19-11-14-8-9-14)20-12-16-7-4-10-22-18(16)15-5-2-1-3-6-15;/h1-3,5-6,14,16,18-19H,4,7-13H2,(H,20,21);1H. The summed E-state index contributed by atoms with van der Waals surface area (Å²) in [5, 5.41) is 6.30. The Bertz CT molecular complexity index is 479. The summed E-state index contributed by atoms with van der Waals surface area (Å²) in [6.45, 7) is 2.92. The number of amides is 1. The van der Waals surface area contributed by atoms with Gasteiger partial charge in [-0.1, -0.05) is 30.3 Å². The molecule has 4 nitrogen and oxygen atoms in total. The monoisotopic (exact) mass is 338 g/mol. The molecule has 0 aromatic heterocycles. The highest BCUT2D eigenvalue weighted by atomic mass is 35.5. The van der Waals surface area contributed by atoms with E-state index < -0.39 is 0 Å². The average molecular weight is 339 g/mol. The molecule has 2 N–H and O–H groups in total. The van der Waals surface area contributed by atoms with Gasteiger partial charge >= 0.3 is 0 Å². The van der Waals surface area contributed by atoms with Crippen LogP contribution in [-0.2, 0) is 9.53 Å². The molecule has 1 aromatic rings. The smallest absolute Gasteiger partial charge is 0.233 e. The zero-order valence-electron chi connectivity index (χ0n) is 13.5. The van der Waals surface area contributed by atoms with Crippen molar-refractivity contribution in [1.29, 1.82) is 0 Å². The lowest BCUT2D eigenvalue weighted by Crippen LogP contribution is -2.39. The molecule has 1 saturated carbocycles. The van der Waals surface area contributed by atoms with Crippen LogP contribution >= 0.6 is 12.4 Å². The molecule has 1 aliphatic heterocycles. The third-order valence-corrected chi connectivity index (χ3v) is 4.55. The van der Waals surface area contributed by atoms with Gasteiger partial charge in [0.15, 0.2) is 0 Å². The van der Waals surface area contributed by atoms with Gasteiger partial charge in [0.25, 0.3) is 0 Å². The minimum atomic E-state index is 0. The van der Waals surface area contributed by atoms with Crippen molar-refractivity contribution in [2.24, 2.45) is 11.8 Å². The van der Waals surface area contributed by atoms with Crippen molar-refractivity contribution in [2.45, 2.75) is 31.8 Å². The highest BCUT2D eigenvalue weighted by Gasteiger charge is 2.27. The molecule has 1 aromatic carbocycles. The largest absolute Gasteiger partial charge is 0.373 e. The van der Waals surface area contributed by atoms with Crippen molar-refractivity contribution in [3.05, 3.63) is 35.9 Å². The summed E-state index contributed by atoms with van der Waals surface area (Å²) < 4.78 is 5.96. The van der Waals surface area contributed by atoms with E-state index in [2.05, 4.69) is 22.8 Å². The van der Waals surface area contributed by atoms with Gasteiger partial charge in [-0.25, -0.2) is 0 Å². The fourth-order valence-corrected chi connectivity index (χ4v) is 3.08. The van der Waals surface area contributed by atoms with Crippen molar-refractivity contribution >= 4 is 18.3 Å². The van der Waals surface area contributed by atoms with Crippen molar-refractivity contribution in [3.63, 3.8) is 0 Å². The van der Waals surface area contributed by atoms with E-state index in [-0.39, 0.29) is 24.4 Å². The first kappa shape index (κ1) is 18.2. The van der Waals surface area contributed by atoms with E-state index in [1.165, 1.54) is 18.4 Å². The first-order chi connectivity index (χ1) is 10.8. The molecule has 23 heavy (non-hydrogen) atoms. The molecule has 1 heterocycles. The van der Waals surface area contributed by atoms with E-state index >= 15 is 0 Å². The molecular weight excluding hydrogens is 312 g/mol. The Morgan fingerprint density at radius 2 is 1.91 bits per heavy atom. The van der Waals surface area contributed by atoms with E-state index in [0.29, 0.717) is 19.0 Å². The number of halogens is 1. The Hall–Kier alpha value is -1.10. The van der Waals surface area contributed by atoms with Crippen LogP contribution in [0.5, 0.6) is 0 Å². The number of hydrogen-bond acceptors (Lipinski definition) is 3. The quantitative estimate of drug-likeness (QED) is 0.803. The van der Waals surface area contributed by atoms with Crippen LogP contribution in [-0.4, -0.2) is 32.1 Å². The minimum Gasteiger partial charge on any atom is -0.373 e. The van der Waals surface area contributed by atoms with Gasteiger partial charge in [-0.05, 0) is 43.7 Å². The second-order valence-electron chi connectivity index (χ2n) is 6.48. The third kappa shape index (κ3) is 5.79. The second kappa shape index (κ2) is 9.26. The van der Waals surface area contributed by atoms with Crippen molar-refractivity contribution in [2.75, 3.05) is 26.2 Å². The minimum absolute atomic E-state index is 0. The maximum Gasteiger partial charge on any atom is 0.233 e. The molecule has 0 radical (unpaired) electrons. The lowest BCUT2D eigenvalue weighted by atomic mass is 9.89. The summed E-state index contributed by atoms with van der Waals surface area (Å²) in [6.07, 6.45) is 4.91. The number of carbonyl (C=O) groups excluding carboxylic acids is 1. The van der Waals surface area contributed by atoms with Crippen LogP contribution in [0.1, 0.15) is 37.4 Å².